The van der Waals surface area contributed by atoms with E-state index in [0.29, 0.717) is 0 Å². The van der Waals surface area contributed by atoms with Crippen LogP contribution in [0.15, 0.2) is 29.1 Å². The van der Waals surface area contributed by atoms with Crippen molar-refractivity contribution in [2.45, 2.75) is 55.3 Å². The lowest BCUT2D eigenvalue weighted by atomic mass is 9.94. The van der Waals surface area contributed by atoms with Gasteiger partial charge in [-0.05, 0) is 19.8 Å². The Labute approximate surface area is 166 Å². The molecule has 9 heteroatoms. The fourth-order valence-corrected chi connectivity index (χ4v) is 5.20. The molecule has 1 atom stereocenters. The summed E-state index contributed by atoms with van der Waals surface area (Å²) in [6.45, 7) is 1.95. The highest BCUT2D eigenvalue weighted by Crippen LogP contribution is 2.33. The summed E-state index contributed by atoms with van der Waals surface area (Å²) in [7, 11) is 1.85. The molecule has 0 aliphatic heterocycles. The molecule has 1 unspecified atom stereocenters. The highest BCUT2D eigenvalue weighted by Gasteiger charge is 2.32. The zero-order valence-corrected chi connectivity index (χ0v) is 17.0. The van der Waals surface area contributed by atoms with Crippen LogP contribution in [0, 0.1) is 0 Å². The second-order valence-electron chi connectivity index (χ2n) is 6.76. The van der Waals surface area contributed by atoms with Gasteiger partial charge in [-0.15, -0.1) is 11.3 Å². The second-order valence-corrected chi connectivity index (χ2v) is 8.96. The maximum atomic E-state index is 13.4. The van der Waals surface area contributed by atoms with Crippen LogP contribution in [0.2, 0.25) is 0 Å². The molecule has 0 aromatic carbocycles. The molecule has 4 rings (SSSR count). The summed E-state index contributed by atoms with van der Waals surface area (Å²) in [5.74, 6) is 0.0949. The minimum absolute atomic E-state index is 0.0949. The van der Waals surface area contributed by atoms with Crippen LogP contribution in [0.3, 0.4) is 0 Å². The Morgan fingerprint density at radius 2 is 2.11 bits per heavy atom. The number of thioether (sulfide) groups is 1. The van der Waals surface area contributed by atoms with Crippen molar-refractivity contribution in [2.24, 2.45) is 7.05 Å². The molecule has 1 fully saturated rings. The zero-order valence-electron chi connectivity index (χ0n) is 15.4. The molecule has 0 radical (unpaired) electrons. The van der Waals surface area contributed by atoms with Gasteiger partial charge in [0.15, 0.2) is 10.8 Å². The van der Waals surface area contributed by atoms with Crippen molar-refractivity contribution in [3.63, 3.8) is 0 Å². The largest absolute Gasteiger partial charge is 0.284 e. The van der Waals surface area contributed by atoms with Gasteiger partial charge >= 0.3 is 0 Å². The molecule has 0 spiro atoms. The van der Waals surface area contributed by atoms with Crippen LogP contribution in [-0.2, 0) is 11.8 Å². The highest BCUT2D eigenvalue weighted by molar-refractivity contribution is 8.00. The number of thiazole rings is 1. The first kappa shape index (κ1) is 18.4. The molecule has 27 heavy (non-hydrogen) atoms. The summed E-state index contributed by atoms with van der Waals surface area (Å²) in [5, 5.41) is 8.38. The molecule has 142 valence electrons. The number of anilines is 1. The number of carbonyl (C=O) groups is 1. The molecule has 0 bridgehead atoms. The Balaban J connectivity index is 1.58. The fourth-order valence-electron chi connectivity index (χ4n) is 3.55. The van der Waals surface area contributed by atoms with Crippen molar-refractivity contribution in [3.8, 4) is 0 Å². The predicted molar refractivity (Wildman–Crippen MR) is 108 cm³/mol. The number of rotatable bonds is 5. The van der Waals surface area contributed by atoms with E-state index in [2.05, 4.69) is 20.1 Å². The van der Waals surface area contributed by atoms with E-state index in [-0.39, 0.29) is 17.2 Å². The summed E-state index contributed by atoms with van der Waals surface area (Å²) in [4.78, 5) is 28.4. The van der Waals surface area contributed by atoms with Gasteiger partial charge in [-0.1, -0.05) is 31.0 Å². The number of aromatic nitrogens is 5. The van der Waals surface area contributed by atoms with Crippen molar-refractivity contribution in [2.75, 3.05) is 4.90 Å². The minimum atomic E-state index is -0.269. The van der Waals surface area contributed by atoms with Crippen molar-refractivity contribution < 1.29 is 4.79 Å². The lowest BCUT2D eigenvalue weighted by Crippen LogP contribution is -2.45. The summed E-state index contributed by atoms with van der Waals surface area (Å²) in [6.07, 6.45) is 10.7. The molecule has 3 aromatic heterocycles. The highest BCUT2D eigenvalue weighted by atomic mass is 32.2. The van der Waals surface area contributed by atoms with Gasteiger partial charge in [-0.3, -0.25) is 14.4 Å². The van der Waals surface area contributed by atoms with Gasteiger partial charge in [0.2, 0.25) is 5.91 Å². The molecule has 3 heterocycles. The number of nitrogens with zero attached hydrogens (tertiary/aromatic N) is 6. The smallest absolute Gasteiger partial charge is 0.242 e. The maximum Gasteiger partial charge on any atom is 0.242 e. The van der Waals surface area contributed by atoms with Gasteiger partial charge in [0.05, 0.1) is 16.8 Å². The van der Waals surface area contributed by atoms with Gasteiger partial charge in [0.1, 0.15) is 11.4 Å². The van der Waals surface area contributed by atoms with Crippen LogP contribution in [-0.4, -0.2) is 41.9 Å². The van der Waals surface area contributed by atoms with Crippen LogP contribution in [0.1, 0.15) is 39.0 Å². The lowest BCUT2D eigenvalue weighted by Gasteiger charge is -2.34. The summed E-state index contributed by atoms with van der Waals surface area (Å²) >= 11 is 2.99. The lowest BCUT2D eigenvalue weighted by molar-refractivity contribution is -0.118. The average Bonchev–Trinajstić information content (AvgIpc) is 3.34. The van der Waals surface area contributed by atoms with Gasteiger partial charge in [0.25, 0.3) is 0 Å². The topological polar surface area (TPSA) is 76.8 Å². The molecule has 7 nitrogen and oxygen atoms in total. The van der Waals surface area contributed by atoms with Crippen molar-refractivity contribution >= 4 is 45.2 Å². The molecule has 0 saturated heterocycles. The fraction of sp³-hybridized carbons (Fsp3) is 0.500. The molecule has 3 aromatic rings. The van der Waals surface area contributed by atoms with E-state index < -0.39 is 0 Å². The maximum absolute atomic E-state index is 13.4. The quantitative estimate of drug-likeness (QED) is 0.479. The number of amides is 1. The van der Waals surface area contributed by atoms with E-state index >= 15 is 0 Å². The van der Waals surface area contributed by atoms with Gasteiger partial charge in [-0.2, -0.15) is 5.10 Å². The van der Waals surface area contributed by atoms with E-state index in [1.807, 2.05) is 24.3 Å². The third kappa shape index (κ3) is 3.70. The Kier molecular flexibility index (Phi) is 5.40. The minimum Gasteiger partial charge on any atom is -0.284 e. The zero-order chi connectivity index (χ0) is 18.8. The third-order valence-electron chi connectivity index (χ3n) is 4.93. The van der Waals surface area contributed by atoms with E-state index in [4.69, 9.17) is 0 Å². The molecule has 1 amide bonds. The molecular formula is C18H22N6OS2. The normalized spacial score (nSPS) is 16.5. The number of carbonyl (C=O) groups excluding carboxylic acids is 1. The Bertz CT molecular complexity index is 919. The number of hydrogen-bond acceptors (Lipinski definition) is 7. The van der Waals surface area contributed by atoms with Crippen molar-refractivity contribution in [3.05, 3.63) is 24.1 Å². The monoisotopic (exact) mass is 402 g/mol. The van der Waals surface area contributed by atoms with Gasteiger partial charge in [-0.25, -0.2) is 15.0 Å². The molecule has 1 saturated carbocycles. The second kappa shape index (κ2) is 7.93. The van der Waals surface area contributed by atoms with Crippen LogP contribution < -0.4 is 4.90 Å². The van der Waals surface area contributed by atoms with Crippen LogP contribution in [0.25, 0.3) is 11.0 Å². The summed E-state index contributed by atoms with van der Waals surface area (Å²) in [5.41, 5.74) is 0.774. The molecule has 1 aliphatic rings. The van der Waals surface area contributed by atoms with Crippen molar-refractivity contribution in [1.82, 2.24) is 24.7 Å². The predicted octanol–water partition coefficient (Wildman–Crippen LogP) is 3.67. The van der Waals surface area contributed by atoms with E-state index in [0.717, 1.165) is 34.0 Å². The summed E-state index contributed by atoms with van der Waals surface area (Å²) < 4.78 is 1.72. The van der Waals surface area contributed by atoms with Gasteiger partial charge in [0, 0.05) is 24.7 Å². The SMILES string of the molecule is CC(Sc1ncnc2c1cnn2C)C(=O)N(c1nccs1)C1CCCCC1. The molecule has 0 N–H and O–H groups in total. The Morgan fingerprint density at radius 3 is 2.85 bits per heavy atom. The van der Waals surface area contributed by atoms with Crippen LogP contribution in [0.5, 0.6) is 0 Å². The first-order chi connectivity index (χ1) is 13.1. The number of aryl methyl sites for hydroxylation is 1. The third-order valence-corrected chi connectivity index (χ3v) is 6.81. The Hall–Kier alpha value is -2.00. The number of hydrogen-bond donors (Lipinski definition) is 0. The summed E-state index contributed by atoms with van der Waals surface area (Å²) in [6, 6.07) is 0.240. The average molecular weight is 403 g/mol. The first-order valence-electron chi connectivity index (χ1n) is 9.17. The first-order valence-corrected chi connectivity index (χ1v) is 10.9. The van der Waals surface area contributed by atoms with Crippen LogP contribution >= 0.6 is 23.1 Å². The number of fused-ring (bicyclic) bond motifs is 1. The van der Waals surface area contributed by atoms with Crippen LogP contribution in [0.4, 0.5) is 5.13 Å². The van der Waals surface area contributed by atoms with E-state index in [9.17, 15) is 4.79 Å². The van der Waals surface area contributed by atoms with E-state index in [1.54, 1.807) is 17.1 Å². The van der Waals surface area contributed by atoms with Gasteiger partial charge < -0.3 is 0 Å². The molecule has 1 aliphatic carbocycles. The van der Waals surface area contributed by atoms with Crippen molar-refractivity contribution in [1.29, 1.82) is 0 Å². The molecular weight excluding hydrogens is 380 g/mol. The Morgan fingerprint density at radius 1 is 1.30 bits per heavy atom. The van der Waals surface area contributed by atoms with E-state index in [1.165, 1.54) is 48.7 Å². The standard InChI is InChI=1S/C18H22N6OS2/c1-12(27-16-14-10-22-23(2)15(14)20-11-21-16)17(25)24(18-19-8-9-26-18)13-6-4-3-5-7-13/h8-13H,3-7H2,1-2H3.